The van der Waals surface area contributed by atoms with Crippen LogP contribution < -0.4 is 0 Å². The molecule has 6 unspecified atom stereocenters. The third-order valence-corrected chi connectivity index (χ3v) is 5.18. The molecule has 0 aromatic heterocycles. The van der Waals surface area contributed by atoms with E-state index in [1.54, 1.807) is 6.92 Å². The third-order valence-electron chi connectivity index (χ3n) is 5.18. The van der Waals surface area contributed by atoms with E-state index in [4.69, 9.17) is 23.7 Å². The standard InChI is InChI=1S/C26H54O6/c1-12-20(4)31-22(6)16-28-24(17-29-23(13-2)14-19(3)27)18-30-26(10,11)15-21(5)32-25(7,8)9/h19-24,27H,12-18H2,1-11H3. The minimum atomic E-state index is -0.386. The van der Waals surface area contributed by atoms with Crippen LogP contribution in [0.2, 0.25) is 0 Å². The number of hydrogen-bond donors (Lipinski definition) is 1. The summed E-state index contributed by atoms with van der Waals surface area (Å²) >= 11 is 0. The molecular formula is C26H54O6. The van der Waals surface area contributed by atoms with E-state index in [2.05, 4.69) is 62.3 Å². The summed E-state index contributed by atoms with van der Waals surface area (Å²) < 4.78 is 30.5. The second kappa shape index (κ2) is 15.6. The average molecular weight is 463 g/mol. The van der Waals surface area contributed by atoms with Crippen LogP contribution in [0.4, 0.5) is 0 Å². The maximum Gasteiger partial charge on any atom is 0.104 e. The molecule has 1 N–H and O–H groups in total. The van der Waals surface area contributed by atoms with Gasteiger partial charge in [-0.1, -0.05) is 13.8 Å². The SMILES string of the molecule is CCC(C)OC(C)COC(COC(CC)CC(C)O)COC(C)(C)CC(C)OC(C)(C)C. The normalized spacial score (nSPS) is 18.8. The average Bonchev–Trinajstić information content (AvgIpc) is 2.63. The van der Waals surface area contributed by atoms with Crippen molar-refractivity contribution in [2.45, 2.75) is 150 Å². The number of rotatable bonds is 18. The van der Waals surface area contributed by atoms with E-state index in [-0.39, 0.29) is 47.8 Å². The van der Waals surface area contributed by atoms with E-state index in [0.29, 0.717) is 26.2 Å². The van der Waals surface area contributed by atoms with Gasteiger partial charge in [-0.2, -0.15) is 0 Å². The number of hydrogen-bond acceptors (Lipinski definition) is 6. The molecule has 0 fully saturated rings. The summed E-state index contributed by atoms with van der Waals surface area (Å²) in [5.74, 6) is 0. The Kier molecular flexibility index (Phi) is 15.5. The van der Waals surface area contributed by atoms with Crippen LogP contribution >= 0.6 is 0 Å². The fourth-order valence-corrected chi connectivity index (χ4v) is 3.64. The van der Waals surface area contributed by atoms with Gasteiger partial charge in [-0.25, -0.2) is 0 Å². The zero-order chi connectivity index (χ0) is 24.9. The summed E-state index contributed by atoms with van der Waals surface area (Å²) in [5, 5.41) is 9.71. The lowest BCUT2D eigenvalue weighted by Gasteiger charge is -2.33. The minimum Gasteiger partial charge on any atom is -0.393 e. The zero-order valence-electron chi connectivity index (χ0n) is 22.9. The van der Waals surface area contributed by atoms with Crippen molar-refractivity contribution in [2.24, 2.45) is 0 Å². The molecule has 0 heterocycles. The monoisotopic (exact) mass is 462 g/mol. The van der Waals surface area contributed by atoms with Gasteiger partial charge < -0.3 is 28.8 Å². The lowest BCUT2D eigenvalue weighted by atomic mass is 10.0. The van der Waals surface area contributed by atoms with E-state index < -0.39 is 0 Å². The van der Waals surface area contributed by atoms with Crippen LogP contribution in [0.1, 0.15) is 102 Å². The topological polar surface area (TPSA) is 66.4 Å². The molecule has 0 spiro atoms. The quantitative estimate of drug-likeness (QED) is 0.289. The van der Waals surface area contributed by atoms with E-state index in [1.807, 2.05) is 6.92 Å². The molecule has 0 rings (SSSR count). The third kappa shape index (κ3) is 17.3. The fraction of sp³-hybridized carbons (Fsp3) is 1.00. The molecule has 0 bridgehead atoms. The summed E-state index contributed by atoms with van der Waals surface area (Å²) in [6.45, 7) is 23.9. The molecular weight excluding hydrogens is 408 g/mol. The molecule has 0 aliphatic heterocycles. The van der Waals surface area contributed by atoms with Crippen molar-refractivity contribution in [1.82, 2.24) is 0 Å². The largest absolute Gasteiger partial charge is 0.393 e. The highest BCUT2D eigenvalue weighted by atomic mass is 16.6. The van der Waals surface area contributed by atoms with Crippen LogP contribution in [0.3, 0.4) is 0 Å². The highest BCUT2D eigenvalue weighted by Gasteiger charge is 2.27. The Morgan fingerprint density at radius 3 is 1.81 bits per heavy atom. The van der Waals surface area contributed by atoms with Gasteiger partial charge in [0.1, 0.15) is 6.10 Å². The summed E-state index contributed by atoms with van der Waals surface area (Å²) in [4.78, 5) is 0. The first kappa shape index (κ1) is 31.8. The van der Waals surface area contributed by atoms with E-state index >= 15 is 0 Å². The summed E-state index contributed by atoms with van der Waals surface area (Å²) in [7, 11) is 0. The van der Waals surface area contributed by atoms with Gasteiger partial charge in [0, 0.05) is 6.42 Å². The lowest BCUT2D eigenvalue weighted by molar-refractivity contribution is -0.146. The van der Waals surface area contributed by atoms with Crippen molar-refractivity contribution in [1.29, 1.82) is 0 Å². The predicted octanol–water partition coefficient (Wildman–Crippen LogP) is 5.53. The first-order chi connectivity index (χ1) is 14.7. The molecule has 6 atom stereocenters. The van der Waals surface area contributed by atoms with Crippen LogP contribution in [0.25, 0.3) is 0 Å². The molecule has 0 amide bonds. The lowest BCUT2D eigenvalue weighted by Crippen LogP contribution is -2.38. The van der Waals surface area contributed by atoms with Gasteiger partial charge in [0.05, 0.1) is 61.5 Å². The molecule has 32 heavy (non-hydrogen) atoms. The molecule has 6 nitrogen and oxygen atoms in total. The first-order valence-electron chi connectivity index (χ1n) is 12.6. The van der Waals surface area contributed by atoms with Crippen LogP contribution in [-0.4, -0.2) is 72.8 Å². The summed E-state index contributed by atoms with van der Waals surface area (Å²) in [6.07, 6.45) is 2.92. The second-order valence-electron chi connectivity index (χ2n) is 10.9. The van der Waals surface area contributed by atoms with E-state index in [0.717, 1.165) is 19.3 Å². The van der Waals surface area contributed by atoms with Gasteiger partial charge >= 0.3 is 0 Å². The summed E-state index contributed by atoms with van der Waals surface area (Å²) in [6, 6.07) is 0. The molecule has 194 valence electrons. The molecule has 0 aliphatic carbocycles. The molecule has 0 aliphatic rings. The number of aliphatic hydroxyl groups is 1. The molecule has 6 heteroatoms. The van der Waals surface area contributed by atoms with Crippen molar-refractivity contribution in [3.05, 3.63) is 0 Å². The van der Waals surface area contributed by atoms with E-state index in [9.17, 15) is 5.11 Å². The van der Waals surface area contributed by atoms with Gasteiger partial charge in [0.25, 0.3) is 0 Å². The number of aliphatic hydroxyl groups excluding tert-OH is 1. The number of ether oxygens (including phenoxy) is 5. The minimum absolute atomic E-state index is 0.0000964. The van der Waals surface area contributed by atoms with Crippen molar-refractivity contribution < 1.29 is 28.8 Å². The smallest absolute Gasteiger partial charge is 0.104 e. The van der Waals surface area contributed by atoms with Crippen molar-refractivity contribution >= 4 is 0 Å². The van der Waals surface area contributed by atoms with Gasteiger partial charge in [-0.15, -0.1) is 0 Å². The van der Waals surface area contributed by atoms with Crippen molar-refractivity contribution in [3.63, 3.8) is 0 Å². The Bertz CT molecular complexity index is 460. The van der Waals surface area contributed by atoms with Crippen LogP contribution in [0.5, 0.6) is 0 Å². The van der Waals surface area contributed by atoms with Gasteiger partial charge in [0.15, 0.2) is 0 Å². The van der Waals surface area contributed by atoms with Gasteiger partial charge in [-0.3, -0.25) is 0 Å². The molecule has 0 aromatic carbocycles. The van der Waals surface area contributed by atoms with Crippen LogP contribution in [-0.2, 0) is 23.7 Å². The van der Waals surface area contributed by atoms with Gasteiger partial charge in [0.2, 0.25) is 0 Å². The van der Waals surface area contributed by atoms with Gasteiger partial charge in [-0.05, 0) is 81.6 Å². The highest BCUT2D eigenvalue weighted by molar-refractivity contribution is 4.76. The van der Waals surface area contributed by atoms with E-state index in [1.165, 1.54) is 0 Å². The first-order valence-corrected chi connectivity index (χ1v) is 12.6. The van der Waals surface area contributed by atoms with Crippen LogP contribution in [0, 0.1) is 0 Å². The Balaban J connectivity index is 4.89. The molecule has 0 aromatic rings. The predicted molar refractivity (Wildman–Crippen MR) is 131 cm³/mol. The maximum absolute atomic E-state index is 9.71. The molecule has 0 radical (unpaired) electrons. The second-order valence-corrected chi connectivity index (χ2v) is 10.9. The Morgan fingerprint density at radius 1 is 0.719 bits per heavy atom. The van der Waals surface area contributed by atoms with Crippen molar-refractivity contribution in [2.75, 3.05) is 19.8 Å². The Labute approximate surface area is 198 Å². The van der Waals surface area contributed by atoms with Crippen molar-refractivity contribution in [3.8, 4) is 0 Å². The highest BCUT2D eigenvalue weighted by Crippen LogP contribution is 2.23. The maximum atomic E-state index is 9.71. The zero-order valence-corrected chi connectivity index (χ0v) is 22.9. The van der Waals surface area contributed by atoms with Crippen LogP contribution in [0.15, 0.2) is 0 Å². The summed E-state index contributed by atoms with van der Waals surface area (Å²) in [5.41, 5.74) is -0.533. The molecule has 0 saturated carbocycles. The Hall–Kier alpha value is -0.240. The Morgan fingerprint density at radius 2 is 1.31 bits per heavy atom. The molecule has 0 saturated heterocycles. The fourth-order valence-electron chi connectivity index (χ4n) is 3.64.